The Labute approximate surface area is 81.3 Å². The summed E-state index contributed by atoms with van der Waals surface area (Å²) < 4.78 is 0. The minimum Gasteiger partial charge on any atom is -0.356 e. The molecule has 0 radical (unpaired) electrons. The molecule has 0 aliphatic heterocycles. The third-order valence-corrected chi connectivity index (χ3v) is 2.39. The van der Waals surface area contributed by atoms with Crippen molar-refractivity contribution in [3.8, 4) is 0 Å². The summed E-state index contributed by atoms with van der Waals surface area (Å²) in [6.07, 6.45) is 1.87. The molecule has 0 heterocycles. The Morgan fingerprint density at radius 1 is 1.31 bits per heavy atom. The van der Waals surface area contributed by atoms with Crippen molar-refractivity contribution in [1.29, 1.82) is 0 Å². The maximum absolute atomic E-state index is 11.5. The highest BCUT2D eigenvalue weighted by Gasteiger charge is 2.24. The zero-order valence-electron chi connectivity index (χ0n) is 9.24. The number of hydrogen-bond acceptors (Lipinski definition) is 2. The first-order valence-corrected chi connectivity index (χ1v) is 4.97. The second-order valence-electron chi connectivity index (χ2n) is 3.95. The van der Waals surface area contributed by atoms with Gasteiger partial charge in [-0.05, 0) is 26.4 Å². The maximum Gasteiger partial charge on any atom is 0.225 e. The Hall–Kier alpha value is -0.570. The molecule has 1 amide bonds. The number of rotatable bonds is 6. The van der Waals surface area contributed by atoms with Crippen LogP contribution in [0, 0.1) is 5.41 Å². The van der Waals surface area contributed by atoms with Crippen LogP contribution < -0.4 is 10.6 Å². The highest BCUT2D eigenvalue weighted by molar-refractivity contribution is 5.81. The van der Waals surface area contributed by atoms with Gasteiger partial charge in [-0.2, -0.15) is 0 Å². The molecule has 3 heteroatoms. The van der Waals surface area contributed by atoms with Crippen molar-refractivity contribution < 1.29 is 4.79 Å². The molecule has 3 nitrogen and oxygen atoms in total. The molecule has 13 heavy (non-hydrogen) atoms. The van der Waals surface area contributed by atoms with Gasteiger partial charge in [0.25, 0.3) is 0 Å². The van der Waals surface area contributed by atoms with E-state index in [1.165, 1.54) is 0 Å². The summed E-state index contributed by atoms with van der Waals surface area (Å²) in [6, 6.07) is 0. The van der Waals surface area contributed by atoms with Crippen LogP contribution in [0.1, 0.15) is 33.6 Å². The van der Waals surface area contributed by atoms with Crippen LogP contribution in [-0.4, -0.2) is 26.0 Å². The Balaban J connectivity index is 3.62. The van der Waals surface area contributed by atoms with Crippen LogP contribution in [0.2, 0.25) is 0 Å². The molecular weight excluding hydrogens is 164 g/mol. The average molecular weight is 186 g/mol. The number of hydrogen-bond donors (Lipinski definition) is 2. The zero-order valence-corrected chi connectivity index (χ0v) is 9.24. The van der Waals surface area contributed by atoms with Crippen LogP contribution in [0.5, 0.6) is 0 Å². The van der Waals surface area contributed by atoms with E-state index < -0.39 is 0 Å². The topological polar surface area (TPSA) is 41.1 Å². The fourth-order valence-electron chi connectivity index (χ4n) is 0.867. The first kappa shape index (κ1) is 12.4. The van der Waals surface area contributed by atoms with Gasteiger partial charge in [-0.3, -0.25) is 4.79 Å². The molecule has 0 aromatic rings. The van der Waals surface area contributed by atoms with Crippen LogP contribution in [0.3, 0.4) is 0 Å². The summed E-state index contributed by atoms with van der Waals surface area (Å²) in [4.78, 5) is 11.5. The Kier molecular flexibility index (Phi) is 5.71. The van der Waals surface area contributed by atoms with E-state index in [0.29, 0.717) is 0 Å². The van der Waals surface area contributed by atoms with Crippen LogP contribution in [0.15, 0.2) is 0 Å². The molecular formula is C10H22N2O. The van der Waals surface area contributed by atoms with E-state index in [4.69, 9.17) is 0 Å². The lowest BCUT2D eigenvalue weighted by Crippen LogP contribution is -2.37. The van der Waals surface area contributed by atoms with Gasteiger partial charge in [0.15, 0.2) is 0 Å². The van der Waals surface area contributed by atoms with Crippen molar-refractivity contribution in [2.75, 3.05) is 20.1 Å². The lowest BCUT2D eigenvalue weighted by atomic mass is 9.89. The van der Waals surface area contributed by atoms with Crippen LogP contribution in [-0.2, 0) is 4.79 Å². The molecule has 0 rings (SSSR count). The first-order chi connectivity index (χ1) is 6.04. The number of carbonyl (C=O) groups is 1. The molecule has 0 aromatic carbocycles. The molecule has 0 aliphatic carbocycles. The summed E-state index contributed by atoms with van der Waals surface area (Å²) >= 11 is 0. The Bertz CT molecular complexity index is 155. The first-order valence-electron chi connectivity index (χ1n) is 4.97. The summed E-state index contributed by atoms with van der Waals surface area (Å²) in [5.41, 5.74) is -0.223. The van der Waals surface area contributed by atoms with E-state index in [1.807, 2.05) is 27.8 Å². The SMILES string of the molecule is CCC(C)(C)C(=O)NCCCNC. The van der Waals surface area contributed by atoms with Gasteiger partial charge in [0, 0.05) is 12.0 Å². The lowest BCUT2D eigenvalue weighted by Gasteiger charge is -2.21. The molecule has 0 saturated carbocycles. The number of amides is 1. The molecule has 0 fully saturated rings. The largest absolute Gasteiger partial charge is 0.356 e. The van der Waals surface area contributed by atoms with Gasteiger partial charge < -0.3 is 10.6 Å². The normalized spacial score (nSPS) is 11.4. The summed E-state index contributed by atoms with van der Waals surface area (Å²) in [5, 5.41) is 5.97. The summed E-state index contributed by atoms with van der Waals surface area (Å²) in [5.74, 6) is 0.158. The second-order valence-corrected chi connectivity index (χ2v) is 3.95. The molecule has 0 aromatic heterocycles. The maximum atomic E-state index is 11.5. The van der Waals surface area contributed by atoms with Crippen molar-refractivity contribution in [3.05, 3.63) is 0 Å². The third kappa shape index (κ3) is 4.88. The van der Waals surface area contributed by atoms with Gasteiger partial charge in [-0.1, -0.05) is 20.8 Å². The van der Waals surface area contributed by atoms with Crippen LogP contribution in [0.4, 0.5) is 0 Å². The van der Waals surface area contributed by atoms with E-state index in [2.05, 4.69) is 10.6 Å². The fraction of sp³-hybridized carbons (Fsp3) is 0.900. The van der Waals surface area contributed by atoms with Gasteiger partial charge in [-0.15, -0.1) is 0 Å². The van der Waals surface area contributed by atoms with E-state index in [-0.39, 0.29) is 11.3 Å². The second kappa shape index (κ2) is 5.97. The van der Waals surface area contributed by atoms with Crippen molar-refractivity contribution in [2.45, 2.75) is 33.6 Å². The zero-order chi connectivity index (χ0) is 10.3. The summed E-state index contributed by atoms with van der Waals surface area (Å²) in [6.45, 7) is 7.70. The monoisotopic (exact) mass is 186 g/mol. The predicted octanol–water partition coefficient (Wildman–Crippen LogP) is 1.15. The third-order valence-electron chi connectivity index (χ3n) is 2.39. The molecule has 2 N–H and O–H groups in total. The molecule has 0 bridgehead atoms. The molecule has 0 spiro atoms. The predicted molar refractivity (Wildman–Crippen MR) is 55.6 cm³/mol. The van der Waals surface area contributed by atoms with E-state index in [9.17, 15) is 4.79 Å². The smallest absolute Gasteiger partial charge is 0.225 e. The van der Waals surface area contributed by atoms with Gasteiger partial charge >= 0.3 is 0 Å². The van der Waals surface area contributed by atoms with Crippen molar-refractivity contribution in [2.24, 2.45) is 5.41 Å². The summed E-state index contributed by atoms with van der Waals surface area (Å²) in [7, 11) is 1.91. The number of carbonyl (C=O) groups excluding carboxylic acids is 1. The van der Waals surface area contributed by atoms with Crippen molar-refractivity contribution in [1.82, 2.24) is 10.6 Å². The highest BCUT2D eigenvalue weighted by atomic mass is 16.2. The van der Waals surface area contributed by atoms with Gasteiger partial charge in [-0.25, -0.2) is 0 Å². The minimum atomic E-state index is -0.223. The van der Waals surface area contributed by atoms with E-state index in [0.717, 1.165) is 25.9 Å². The Morgan fingerprint density at radius 3 is 2.38 bits per heavy atom. The van der Waals surface area contributed by atoms with Crippen molar-refractivity contribution in [3.63, 3.8) is 0 Å². The van der Waals surface area contributed by atoms with Crippen LogP contribution >= 0.6 is 0 Å². The molecule has 0 unspecified atom stereocenters. The van der Waals surface area contributed by atoms with E-state index in [1.54, 1.807) is 0 Å². The minimum absolute atomic E-state index is 0.158. The standard InChI is InChI=1S/C10H22N2O/c1-5-10(2,3)9(13)12-8-6-7-11-4/h11H,5-8H2,1-4H3,(H,12,13). The highest BCUT2D eigenvalue weighted by Crippen LogP contribution is 2.18. The van der Waals surface area contributed by atoms with Crippen molar-refractivity contribution >= 4 is 5.91 Å². The molecule has 0 aliphatic rings. The number of nitrogens with one attached hydrogen (secondary N) is 2. The fourth-order valence-corrected chi connectivity index (χ4v) is 0.867. The Morgan fingerprint density at radius 2 is 1.92 bits per heavy atom. The van der Waals surface area contributed by atoms with E-state index >= 15 is 0 Å². The van der Waals surface area contributed by atoms with Gasteiger partial charge in [0.2, 0.25) is 5.91 Å². The van der Waals surface area contributed by atoms with Gasteiger partial charge in [0.1, 0.15) is 0 Å². The van der Waals surface area contributed by atoms with Crippen LogP contribution in [0.25, 0.3) is 0 Å². The molecule has 0 saturated heterocycles. The van der Waals surface area contributed by atoms with Gasteiger partial charge in [0.05, 0.1) is 0 Å². The quantitative estimate of drug-likeness (QED) is 0.611. The molecule has 78 valence electrons. The lowest BCUT2D eigenvalue weighted by molar-refractivity contribution is -0.129. The molecule has 0 atom stereocenters. The average Bonchev–Trinajstić information content (AvgIpc) is 2.12.